The van der Waals surface area contributed by atoms with Gasteiger partial charge in [-0.15, -0.1) is 0 Å². The molecule has 0 aliphatic heterocycles. The Labute approximate surface area is 129 Å². The van der Waals surface area contributed by atoms with Gasteiger partial charge in [0.1, 0.15) is 17.5 Å². The van der Waals surface area contributed by atoms with Crippen LogP contribution in [0.5, 0.6) is 0 Å². The zero-order valence-corrected chi connectivity index (χ0v) is 13.3. The van der Waals surface area contributed by atoms with Gasteiger partial charge in [-0.2, -0.15) is 10.2 Å². The Morgan fingerprint density at radius 1 is 1.45 bits per heavy atom. The minimum Gasteiger partial charge on any atom is -0.390 e. The zero-order valence-electron chi connectivity index (χ0n) is 12.5. The molecule has 8 heteroatoms. The van der Waals surface area contributed by atoms with E-state index < -0.39 is 15.4 Å². The van der Waals surface area contributed by atoms with Gasteiger partial charge in [0, 0.05) is 12.3 Å². The van der Waals surface area contributed by atoms with Crippen LogP contribution in [0.15, 0.2) is 11.4 Å². The number of aliphatic hydroxyl groups is 1. The Bertz CT molecular complexity index is 751. The third kappa shape index (κ3) is 2.66. The molecule has 118 valence electrons. The maximum absolute atomic E-state index is 11.5. The number of nitrogens with zero attached hydrogens (tertiary/aromatic N) is 3. The molecule has 0 atom stereocenters. The number of sulfone groups is 1. The molecule has 1 aromatic rings. The fourth-order valence-electron chi connectivity index (χ4n) is 3.87. The number of hydrogen-bond donors (Lipinski definition) is 2. The Balaban J connectivity index is 1.72. The van der Waals surface area contributed by atoms with E-state index in [1.165, 1.54) is 6.20 Å². The maximum Gasteiger partial charge on any atom is 0.248 e. The van der Waals surface area contributed by atoms with Crippen molar-refractivity contribution in [3.8, 4) is 6.07 Å². The molecule has 0 bridgehead atoms. The summed E-state index contributed by atoms with van der Waals surface area (Å²) in [4.78, 5) is 7.69. The van der Waals surface area contributed by atoms with E-state index in [2.05, 4.69) is 15.3 Å². The van der Waals surface area contributed by atoms with E-state index in [4.69, 9.17) is 5.26 Å². The number of anilines is 1. The van der Waals surface area contributed by atoms with Crippen molar-refractivity contribution < 1.29 is 13.5 Å². The van der Waals surface area contributed by atoms with E-state index in [1.807, 2.05) is 13.0 Å². The molecule has 2 N–H and O–H groups in total. The Morgan fingerprint density at radius 2 is 2.09 bits per heavy atom. The van der Waals surface area contributed by atoms with Crippen molar-refractivity contribution in [1.82, 2.24) is 9.97 Å². The van der Waals surface area contributed by atoms with Crippen LogP contribution in [-0.2, 0) is 9.84 Å². The monoisotopic (exact) mass is 322 g/mol. The average Bonchev–Trinajstić information content (AvgIpc) is 2.33. The van der Waals surface area contributed by atoms with E-state index in [0.29, 0.717) is 0 Å². The first-order valence-electron chi connectivity index (χ1n) is 7.09. The van der Waals surface area contributed by atoms with Crippen molar-refractivity contribution >= 4 is 15.7 Å². The van der Waals surface area contributed by atoms with Crippen LogP contribution in [0.3, 0.4) is 0 Å². The molecule has 1 spiro atoms. The molecule has 2 saturated carbocycles. The van der Waals surface area contributed by atoms with E-state index in [0.717, 1.165) is 31.9 Å². The largest absolute Gasteiger partial charge is 0.390 e. The summed E-state index contributed by atoms with van der Waals surface area (Å²) in [6.07, 6.45) is 5.64. The molecular formula is C14H18N4O3S. The molecule has 22 heavy (non-hydrogen) atoms. The normalized spacial score (nSPS) is 33.6. The first kappa shape index (κ1) is 15.2. The van der Waals surface area contributed by atoms with Crippen LogP contribution >= 0.6 is 0 Å². The van der Waals surface area contributed by atoms with Crippen molar-refractivity contribution in [2.75, 3.05) is 11.6 Å². The highest BCUT2D eigenvalue weighted by atomic mass is 32.2. The Hall–Kier alpha value is -1.72. The van der Waals surface area contributed by atoms with Crippen molar-refractivity contribution in [2.45, 2.75) is 49.4 Å². The summed E-state index contributed by atoms with van der Waals surface area (Å²) in [6, 6.07) is 2.11. The lowest BCUT2D eigenvalue weighted by atomic mass is 9.48. The molecule has 0 amide bonds. The molecule has 3 rings (SSSR count). The summed E-state index contributed by atoms with van der Waals surface area (Å²) in [5, 5.41) is 21.8. The van der Waals surface area contributed by atoms with Crippen molar-refractivity contribution in [1.29, 1.82) is 5.26 Å². The second kappa shape index (κ2) is 4.64. The molecule has 2 aliphatic rings. The average molecular weight is 322 g/mol. The molecule has 7 nitrogen and oxygen atoms in total. The van der Waals surface area contributed by atoms with E-state index in [9.17, 15) is 13.5 Å². The number of aromatic nitrogens is 2. The molecule has 0 aromatic carbocycles. The Kier molecular flexibility index (Phi) is 3.20. The predicted octanol–water partition coefficient (Wildman–Crippen LogP) is 0.857. The fourth-order valence-corrected chi connectivity index (χ4v) is 4.37. The molecule has 0 unspecified atom stereocenters. The molecule has 0 saturated heterocycles. The van der Waals surface area contributed by atoms with Gasteiger partial charge in [-0.05, 0) is 38.0 Å². The molecule has 0 radical (unpaired) electrons. The summed E-state index contributed by atoms with van der Waals surface area (Å²) < 4.78 is 23.0. The lowest BCUT2D eigenvalue weighted by Gasteiger charge is -2.60. The third-order valence-electron chi connectivity index (χ3n) is 4.43. The van der Waals surface area contributed by atoms with Crippen LogP contribution in [0.1, 0.15) is 38.2 Å². The van der Waals surface area contributed by atoms with Crippen molar-refractivity contribution in [3.05, 3.63) is 11.8 Å². The summed E-state index contributed by atoms with van der Waals surface area (Å²) >= 11 is 0. The van der Waals surface area contributed by atoms with Gasteiger partial charge in [-0.1, -0.05) is 0 Å². The van der Waals surface area contributed by atoms with Crippen LogP contribution < -0.4 is 5.32 Å². The fraction of sp³-hybridized carbons (Fsp3) is 0.643. The molecule has 1 aromatic heterocycles. The van der Waals surface area contributed by atoms with Crippen LogP contribution in [0.25, 0.3) is 0 Å². The lowest BCUT2D eigenvalue weighted by molar-refractivity contribution is -0.154. The van der Waals surface area contributed by atoms with Crippen LogP contribution in [-0.4, -0.2) is 41.4 Å². The first-order valence-corrected chi connectivity index (χ1v) is 8.98. The predicted molar refractivity (Wildman–Crippen MR) is 78.8 cm³/mol. The zero-order chi connectivity index (χ0) is 16.2. The summed E-state index contributed by atoms with van der Waals surface area (Å²) in [6.45, 7) is 1.84. The molecule has 2 aliphatic carbocycles. The van der Waals surface area contributed by atoms with Gasteiger partial charge in [-0.3, -0.25) is 0 Å². The number of hydrogen-bond acceptors (Lipinski definition) is 7. The minimum absolute atomic E-state index is 0.144. The van der Waals surface area contributed by atoms with E-state index in [1.54, 1.807) is 0 Å². The van der Waals surface area contributed by atoms with Crippen molar-refractivity contribution in [3.63, 3.8) is 0 Å². The second-order valence-electron chi connectivity index (χ2n) is 6.90. The van der Waals surface area contributed by atoms with Crippen molar-refractivity contribution in [2.24, 2.45) is 5.41 Å². The minimum atomic E-state index is -3.51. The number of nitriles is 1. The van der Waals surface area contributed by atoms with Gasteiger partial charge in [0.15, 0.2) is 0 Å². The van der Waals surface area contributed by atoms with Gasteiger partial charge in [-0.25, -0.2) is 13.4 Å². The van der Waals surface area contributed by atoms with E-state index in [-0.39, 0.29) is 28.0 Å². The SMILES string of the molecule is CC1(O)CC2(CC(Nc3nc(S(C)(=O)=O)ncc3C#N)C2)C1. The van der Waals surface area contributed by atoms with E-state index >= 15 is 0 Å². The highest BCUT2D eigenvalue weighted by Gasteiger charge is 2.57. The topological polar surface area (TPSA) is 116 Å². The van der Waals surface area contributed by atoms with Gasteiger partial charge >= 0.3 is 0 Å². The molecular weight excluding hydrogens is 304 g/mol. The van der Waals surface area contributed by atoms with Gasteiger partial charge in [0.25, 0.3) is 0 Å². The summed E-state index contributed by atoms with van der Waals surface area (Å²) in [5.41, 5.74) is -0.129. The smallest absolute Gasteiger partial charge is 0.248 e. The quantitative estimate of drug-likeness (QED) is 0.793. The first-order chi connectivity index (χ1) is 10.1. The maximum atomic E-state index is 11.5. The summed E-state index contributed by atoms with van der Waals surface area (Å²) in [7, 11) is -3.51. The van der Waals surface area contributed by atoms with Gasteiger partial charge < -0.3 is 10.4 Å². The lowest BCUT2D eigenvalue weighted by Crippen LogP contribution is -2.59. The van der Waals surface area contributed by atoms with Crippen LogP contribution in [0.2, 0.25) is 0 Å². The second-order valence-corrected chi connectivity index (χ2v) is 8.81. The highest BCUT2D eigenvalue weighted by Crippen LogP contribution is 2.60. The van der Waals surface area contributed by atoms with Gasteiger partial charge in [0.2, 0.25) is 15.0 Å². The van der Waals surface area contributed by atoms with Gasteiger partial charge in [0.05, 0.1) is 11.8 Å². The standard InChI is InChI=1S/C14H18N4O3S/c1-13(19)7-14(8-13)3-10(4-14)17-11-9(5-15)6-16-12(18-11)22(2,20)21/h6,10,19H,3-4,7-8H2,1-2H3,(H,16,17,18). The third-order valence-corrected chi connectivity index (χ3v) is 5.29. The highest BCUT2D eigenvalue weighted by molar-refractivity contribution is 7.90. The Morgan fingerprint density at radius 3 is 2.59 bits per heavy atom. The van der Waals surface area contributed by atoms with Crippen LogP contribution in [0, 0.1) is 16.7 Å². The molecule has 2 fully saturated rings. The molecule has 1 heterocycles. The number of rotatable bonds is 3. The van der Waals surface area contributed by atoms with Crippen LogP contribution in [0.4, 0.5) is 5.82 Å². The summed E-state index contributed by atoms with van der Waals surface area (Å²) in [5.74, 6) is 0.267. The number of nitrogens with one attached hydrogen (secondary N) is 1.